The van der Waals surface area contributed by atoms with Crippen molar-refractivity contribution in [1.82, 2.24) is 20.0 Å². The van der Waals surface area contributed by atoms with Crippen LogP contribution >= 0.6 is 12.2 Å². The lowest BCUT2D eigenvalue weighted by atomic mass is 10.1. The highest BCUT2D eigenvalue weighted by Crippen LogP contribution is 2.35. The van der Waals surface area contributed by atoms with Gasteiger partial charge in [0.15, 0.2) is 11.5 Å². The lowest BCUT2D eigenvalue weighted by Crippen LogP contribution is -2.45. The topological polar surface area (TPSA) is 81.8 Å². The van der Waals surface area contributed by atoms with Crippen molar-refractivity contribution < 1.29 is 18.7 Å². The number of hydrogen-bond donors (Lipinski definition) is 1. The predicted octanol–water partition coefficient (Wildman–Crippen LogP) is 2.41. The van der Waals surface area contributed by atoms with Crippen molar-refractivity contribution in [2.45, 2.75) is 33.0 Å². The first-order valence-corrected chi connectivity index (χ1v) is 8.60. The van der Waals surface area contributed by atoms with Gasteiger partial charge in [-0.1, -0.05) is 0 Å². The van der Waals surface area contributed by atoms with E-state index >= 15 is 0 Å². The molecule has 1 aliphatic rings. The van der Waals surface area contributed by atoms with E-state index in [0.29, 0.717) is 24.1 Å². The zero-order chi connectivity index (χ0) is 18.9. The Morgan fingerprint density at radius 1 is 1.35 bits per heavy atom. The van der Waals surface area contributed by atoms with E-state index < -0.39 is 0 Å². The normalized spacial score (nSPS) is 13.3. The second-order valence-corrected chi connectivity index (χ2v) is 7.54. The minimum Gasteiger partial charge on any atom is -0.454 e. The van der Waals surface area contributed by atoms with E-state index in [1.54, 1.807) is 16.8 Å². The number of amides is 1. The van der Waals surface area contributed by atoms with Gasteiger partial charge in [0, 0.05) is 11.1 Å². The van der Waals surface area contributed by atoms with Gasteiger partial charge in [-0.3, -0.25) is 9.69 Å². The maximum atomic E-state index is 12.0. The first-order valence-electron chi connectivity index (χ1n) is 8.19. The number of ether oxygens (including phenoxy) is 2. The van der Waals surface area contributed by atoms with Crippen LogP contribution in [0.4, 0.5) is 0 Å². The summed E-state index contributed by atoms with van der Waals surface area (Å²) in [6.45, 7) is 6.59. The Labute approximate surface area is 156 Å². The van der Waals surface area contributed by atoms with E-state index in [1.165, 1.54) is 0 Å². The van der Waals surface area contributed by atoms with E-state index in [1.807, 2.05) is 38.8 Å². The Hall–Kier alpha value is -2.39. The molecule has 1 aromatic carbocycles. The Kier molecular flexibility index (Phi) is 5.01. The van der Waals surface area contributed by atoms with Crippen LogP contribution in [0.3, 0.4) is 0 Å². The molecule has 0 saturated heterocycles. The molecule has 1 aromatic heterocycles. The Balaban J connectivity index is 1.68. The van der Waals surface area contributed by atoms with Gasteiger partial charge >= 0.3 is 0 Å². The van der Waals surface area contributed by atoms with Crippen molar-refractivity contribution in [3.63, 3.8) is 0 Å². The fourth-order valence-electron chi connectivity index (χ4n) is 2.52. The summed E-state index contributed by atoms with van der Waals surface area (Å²) >= 11 is 5.24. The van der Waals surface area contributed by atoms with Crippen molar-refractivity contribution >= 4 is 18.1 Å². The van der Waals surface area contributed by atoms with Gasteiger partial charge in [0.2, 0.25) is 18.6 Å². The van der Waals surface area contributed by atoms with Crippen LogP contribution < -0.4 is 14.8 Å². The first-order chi connectivity index (χ1) is 12.2. The van der Waals surface area contributed by atoms with Crippen LogP contribution in [-0.2, 0) is 11.5 Å². The molecule has 0 atom stereocenters. The van der Waals surface area contributed by atoms with E-state index in [-0.39, 0.29) is 29.6 Å². The summed E-state index contributed by atoms with van der Waals surface area (Å²) in [5.74, 6) is 1.66. The van der Waals surface area contributed by atoms with Gasteiger partial charge in [0.05, 0.1) is 13.2 Å². The van der Waals surface area contributed by atoms with Crippen LogP contribution in [-0.4, -0.2) is 46.5 Å². The summed E-state index contributed by atoms with van der Waals surface area (Å²) < 4.78 is 17.8. The third-order valence-corrected chi connectivity index (χ3v) is 3.82. The zero-order valence-corrected chi connectivity index (χ0v) is 16.1. The summed E-state index contributed by atoms with van der Waals surface area (Å²) in [5.41, 5.74) is 0.474. The maximum absolute atomic E-state index is 12.0. The Morgan fingerprint density at radius 2 is 2.08 bits per heavy atom. The number of nitrogens with zero attached hydrogens (tertiary/aromatic N) is 3. The van der Waals surface area contributed by atoms with Crippen molar-refractivity contribution in [3.05, 3.63) is 23.0 Å². The van der Waals surface area contributed by atoms with Crippen LogP contribution in [0.5, 0.6) is 11.5 Å². The van der Waals surface area contributed by atoms with Gasteiger partial charge in [0.25, 0.3) is 4.84 Å². The van der Waals surface area contributed by atoms with Crippen LogP contribution in [0, 0.1) is 4.84 Å². The fourth-order valence-corrected chi connectivity index (χ4v) is 2.70. The lowest BCUT2D eigenvalue weighted by molar-refractivity contribution is -0.123. The minimum atomic E-state index is -0.269. The molecule has 2 aromatic rings. The number of likely N-dealkylation sites (N-methyl/N-ethyl adjacent to an activating group) is 1. The van der Waals surface area contributed by atoms with Crippen molar-refractivity contribution in [1.29, 1.82) is 0 Å². The van der Waals surface area contributed by atoms with Crippen LogP contribution in [0.15, 0.2) is 22.6 Å². The largest absolute Gasteiger partial charge is 0.454 e. The number of fused-ring (bicyclic) bond motifs is 1. The smallest absolute Gasteiger partial charge is 0.288 e. The van der Waals surface area contributed by atoms with E-state index in [0.717, 1.165) is 5.56 Å². The molecule has 0 radical (unpaired) electrons. The Morgan fingerprint density at radius 3 is 2.81 bits per heavy atom. The van der Waals surface area contributed by atoms with Crippen LogP contribution in [0.2, 0.25) is 0 Å². The average molecular weight is 378 g/mol. The van der Waals surface area contributed by atoms with E-state index in [9.17, 15) is 4.79 Å². The fraction of sp³-hybridized carbons (Fsp3) is 0.471. The van der Waals surface area contributed by atoms with Gasteiger partial charge in [0.1, 0.15) is 0 Å². The molecule has 140 valence electrons. The molecule has 0 aliphatic carbocycles. The molecule has 0 bridgehead atoms. The molecule has 2 heterocycles. The third-order valence-electron chi connectivity index (χ3n) is 3.53. The summed E-state index contributed by atoms with van der Waals surface area (Å²) in [6.07, 6.45) is 0. The second kappa shape index (κ2) is 7.08. The molecule has 0 saturated carbocycles. The van der Waals surface area contributed by atoms with Crippen molar-refractivity contribution in [2.24, 2.45) is 0 Å². The van der Waals surface area contributed by atoms with Gasteiger partial charge in [-0.15, -0.1) is 5.10 Å². The molecule has 0 spiro atoms. The molecule has 0 unspecified atom stereocenters. The number of hydrogen-bond acceptors (Lipinski definition) is 7. The van der Waals surface area contributed by atoms with Gasteiger partial charge < -0.3 is 19.2 Å². The third kappa shape index (κ3) is 4.41. The molecule has 1 amide bonds. The molecule has 1 aliphatic heterocycles. The summed E-state index contributed by atoms with van der Waals surface area (Å²) in [5, 5.41) is 7.32. The average Bonchev–Trinajstić information content (AvgIpc) is 3.11. The highest BCUT2D eigenvalue weighted by molar-refractivity contribution is 7.71. The van der Waals surface area contributed by atoms with E-state index in [4.69, 9.17) is 26.1 Å². The molecular weight excluding hydrogens is 356 g/mol. The molecule has 1 N–H and O–H groups in total. The number of aromatic nitrogens is 2. The summed E-state index contributed by atoms with van der Waals surface area (Å²) in [4.78, 5) is 14.1. The predicted molar refractivity (Wildman–Crippen MR) is 97.4 cm³/mol. The quantitative estimate of drug-likeness (QED) is 0.800. The number of carbonyl (C=O) groups excluding carboxylic acids is 1. The summed E-state index contributed by atoms with van der Waals surface area (Å²) in [7, 11) is 1.82. The molecule has 26 heavy (non-hydrogen) atoms. The van der Waals surface area contributed by atoms with Gasteiger partial charge in [-0.05, 0) is 58.2 Å². The molecule has 8 nitrogen and oxygen atoms in total. The first kappa shape index (κ1) is 18.4. The monoisotopic (exact) mass is 378 g/mol. The number of nitrogens with one attached hydrogen (secondary N) is 1. The SMILES string of the molecule is CN(CC(=O)NC(C)(C)C)Cn1nc(-c2ccc3c(c2)OCO3)oc1=S. The highest BCUT2D eigenvalue weighted by atomic mass is 32.1. The molecular formula is C17H22N4O4S. The number of rotatable bonds is 5. The second-order valence-electron chi connectivity index (χ2n) is 7.19. The van der Waals surface area contributed by atoms with Gasteiger partial charge in [-0.2, -0.15) is 0 Å². The van der Waals surface area contributed by atoms with Crippen LogP contribution in [0.1, 0.15) is 20.8 Å². The summed E-state index contributed by atoms with van der Waals surface area (Å²) in [6, 6.07) is 5.44. The maximum Gasteiger partial charge on any atom is 0.288 e. The number of benzene rings is 1. The van der Waals surface area contributed by atoms with E-state index in [2.05, 4.69) is 10.4 Å². The van der Waals surface area contributed by atoms with Crippen molar-refractivity contribution in [3.8, 4) is 23.0 Å². The van der Waals surface area contributed by atoms with Crippen LogP contribution in [0.25, 0.3) is 11.5 Å². The molecule has 9 heteroatoms. The lowest BCUT2D eigenvalue weighted by Gasteiger charge is -2.23. The minimum absolute atomic E-state index is 0.0639. The highest BCUT2D eigenvalue weighted by Gasteiger charge is 2.18. The zero-order valence-electron chi connectivity index (χ0n) is 15.2. The Bertz CT molecular complexity index is 868. The molecule has 3 rings (SSSR count). The standard InChI is InChI=1S/C17H22N4O4S/c1-17(2,3)18-14(22)8-20(4)9-21-16(26)25-15(19-21)11-5-6-12-13(7-11)24-10-23-12/h5-7H,8-10H2,1-4H3,(H,18,22). The number of carbonyl (C=O) groups is 1. The van der Waals surface area contributed by atoms with Gasteiger partial charge in [-0.25, -0.2) is 4.68 Å². The molecule has 0 fully saturated rings. The van der Waals surface area contributed by atoms with Crippen molar-refractivity contribution in [2.75, 3.05) is 20.4 Å².